The highest BCUT2D eigenvalue weighted by molar-refractivity contribution is 5.95. The van der Waals surface area contributed by atoms with Crippen molar-refractivity contribution in [1.82, 2.24) is 9.88 Å². The van der Waals surface area contributed by atoms with Crippen LogP contribution in [0.25, 0.3) is 10.9 Å². The minimum atomic E-state index is -0.896. The number of nitrogens with one attached hydrogen (secondary N) is 1. The monoisotopic (exact) mass is 514 g/mol. The number of carbonyl (C=O) groups is 2. The van der Waals surface area contributed by atoms with Crippen LogP contribution in [-0.4, -0.2) is 47.5 Å². The first-order valence-electron chi connectivity index (χ1n) is 11.9. The molecule has 0 radical (unpaired) electrons. The lowest BCUT2D eigenvalue weighted by Gasteiger charge is -2.25. The summed E-state index contributed by atoms with van der Waals surface area (Å²) in [6.07, 6.45) is -0.896. The van der Waals surface area contributed by atoms with Crippen molar-refractivity contribution in [3.05, 3.63) is 72.3 Å². The number of aromatic nitrogens is 1. The van der Waals surface area contributed by atoms with Crippen LogP contribution in [0, 0.1) is 0 Å². The predicted octanol–water partition coefficient (Wildman–Crippen LogP) is 3.69. The number of fused-ring (bicyclic) bond motifs is 3. The second-order valence-corrected chi connectivity index (χ2v) is 8.64. The van der Waals surface area contributed by atoms with Gasteiger partial charge in [-0.3, -0.25) is 9.59 Å². The summed E-state index contributed by atoms with van der Waals surface area (Å²) in [5.74, 6) is 0.976. The Morgan fingerprint density at radius 2 is 1.71 bits per heavy atom. The Balaban J connectivity index is 1.14. The molecular weight excluding hydrogens is 492 g/mol. The smallest absolute Gasteiger partial charge is 0.283 e. The fraction of sp³-hybridized carbons (Fsp3) is 0.185. The van der Waals surface area contributed by atoms with Crippen molar-refractivity contribution < 1.29 is 33.6 Å². The van der Waals surface area contributed by atoms with Gasteiger partial charge in [-0.05, 0) is 35.9 Å². The summed E-state index contributed by atoms with van der Waals surface area (Å²) in [6, 6.07) is 19.8. The van der Waals surface area contributed by atoms with E-state index in [2.05, 4.69) is 15.5 Å². The lowest BCUT2D eigenvalue weighted by atomic mass is 10.2. The molecule has 192 valence electrons. The van der Waals surface area contributed by atoms with Gasteiger partial charge in [0.2, 0.25) is 18.8 Å². The predicted molar refractivity (Wildman–Crippen MR) is 134 cm³/mol. The molecule has 0 bridgehead atoms. The van der Waals surface area contributed by atoms with Gasteiger partial charge in [-0.2, -0.15) is 0 Å². The minimum absolute atomic E-state index is 0.0231. The fourth-order valence-electron chi connectivity index (χ4n) is 4.32. The number of aromatic hydroxyl groups is 1. The van der Waals surface area contributed by atoms with E-state index in [1.807, 2.05) is 30.3 Å². The summed E-state index contributed by atoms with van der Waals surface area (Å²) < 4.78 is 23.7. The summed E-state index contributed by atoms with van der Waals surface area (Å²) in [4.78, 5) is 24.9. The molecule has 1 aromatic heterocycles. The highest BCUT2D eigenvalue weighted by Gasteiger charge is 2.27. The number of benzene rings is 3. The van der Waals surface area contributed by atoms with Crippen LogP contribution in [0.4, 0.5) is 5.69 Å². The Hall–Kier alpha value is -5.06. The standard InChI is InChI=1S/C27H22N4O7/c32-24(12-28-26(33)23-14-35-19-7-3-4-8-21(19)38-23)29-30-25-17-5-1-2-6-18(17)31(27(25)34)13-16-9-10-20-22(11-16)37-15-36-20/h1-11,23,34H,12-15H2,(H,28,33)/t23-/m1/s1. The maximum atomic E-state index is 12.5. The van der Waals surface area contributed by atoms with E-state index in [4.69, 9.17) is 18.9 Å². The van der Waals surface area contributed by atoms with E-state index in [1.165, 1.54) is 0 Å². The van der Waals surface area contributed by atoms with Crippen LogP contribution < -0.4 is 24.3 Å². The molecule has 11 heteroatoms. The minimum Gasteiger partial charge on any atom is -0.493 e. The zero-order chi connectivity index (χ0) is 26.1. The first-order valence-corrected chi connectivity index (χ1v) is 11.9. The molecule has 0 aliphatic carbocycles. The normalized spacial score (nSPS) is 15.6. The third kappa shape index (κ3) is 4.45. The Kier molecular flexibility index (Phi) is 6.00. The molecule has 2 aliphatic heterocycles. The fourth-order valence-corrected chi connectivity index (χ4v) is 4.32. The van der Waals surface area contributed by atoms with Crippen LogP contribution in [0.2, 0.25) is 0 Å². The molecule has 0 saturated carbocycles. The van der Waals surface area contributed by atoms with Gasteiger partial charge in [0.1, 0.15) is 13.2 Å². The summed E-state index contributed by atoms with van der Waals surface area (Å²) in [5, 5.41) is 21.8. The number of hydrogen-bond donors (Lipinski definition) is 2. The molecule has 0 spiro atoms. The number of azo groups is 1. The van der Waals surface area contributed by atoms with Gasteiger partial charge in [0, 0.05) is 5.39 Å². The van der Waals surface area contributed by atoms with Gasteiger partial charge in [0.15, 0.2) is 28.7 Å². The van der Waals surface area contributed by atoms with E-state index in [0.29, 0.717) is 40.4 Å². The zero-order valence-corrected chi connectivity index (χ0v) is 20.0. The molecule has 3 aromatic carbocycles. The number of rotatable bonds is 6. The molecular formula is C27H22N4O7. The third-order valence-electron chi connectivity index (χ3n) is 6.17. The molecule has 11 nitrogen and oxygen atoms in total. The molecule has 2 amide bonds. The molecule has 0 saturated heterocycles. The second kappa shape index (κ2) is 9.77. The van der Waals surface area contributed by atoms with Gasteiger partial charge in [0.25, 0.3) is 11.8 Å². The molecule has 2 N–H and O–H groups in total. The lowest BCUT2D eigenvalue weighted by Crippen LogP contribution is -2.45. The first kappa shape index (κ1) is 23.3. The summed E-state index contributed by atoms with van der Waals surface area (Å²) in [6.45, 7) is 0.135. The van der Waals surface area contributed by atoms with E-state index in [0.717, 1.165) is 5.56 Å². The topological polar surface area (TPSA) is 133 Å². The zero-order valence-electron chi connectivity index (χ0n) is 20.0. The maximum Gasteiger partial charge on any atom is 0.283 e. The number of amides is 2. The summed E-state index contributed by atoms with van der Waals surface area (Å²) >= 11 is 0. The Labute approximate surface area is 216 Å². The number of nitrogens with zero attached hydrogens (tertiary/aromatic N) is 3. The van der Waals surface area contributed by atoms with Gasteiger partial charge in [-0.15, -0.1) is 10.2 Å². The van der Waals surface area contributed by atoms with Gasteiger partial charge in [-0.25, -0.2) is 0 Å². The van der Waals surface area contributed by atoms with Crippen molar-refractivity contribution in [1.29, 1.82) is 0 Å². The maximum absolute atomic E-state index is 12.5. The van der Waals surface area contributed by atoms with Crippen LogP contribution in [0.1, 0.15) is 5.56 Å². The van der Waals surface area contributed by atoms with Crippen molar-refractivity contribution >= 4 is 28.4 Å². The van der Waals surface area contributed by atoms with E-state index in [1.54, 1.807) is 41.0 Å². The highest BCUT2D eigenvalue weighted by atomic mass is 16.7. The van der Waals surface area contributed by atoms with Crippen LogP contribution in [0.15, 0.2) is 77.0 Å². The van der Waals surface area contributed by atoms with E-state index >= 15 is 0 Å². The molecule has 2 aliphatic rings. The lowest BCUT2D eigenvalue weighted by molar-refractivity contribution is -0.132. The van der Waals surface area contributed by atoms with Crippen LogP contribution in [0.3, 0.4) is 0 Å². The molecule has 0 unspecified atom stereocenters. The van der Waals surface area contributed by atoms with Crippen molar-refractivity contribution in [2.75, 3.05) is 19.9 Å². The number of hydrogen-bond acceptors (Lipinski definition) is 8. The Bertz CT molecular complexity index is 1580. The van der Waals surface area contributed by atoms with Crippen LogP contribution >= 0.6 is 0 Å². The summed E-state index contributed by atoms with van der Waals surface area (Å²) in [5.41, 5.74) is 1.75. The molecule has 38 heavy (non-hydrogen) atoms. The van der Waals surface area contributed by atoms with Crippen molar-refractivity contribution in [2.24, 2.45) is 10.2 Å². The molecule has 3 heterocycles. The van der Waals surface area contributed by atoms with Gasteiger partial charge >= 0.3 is 0 Å². The van der Waals surface area contributed by atoms with E-state index in [-0.39, 0.29) is 31.5 Å². The van der Waals surface area contributed by atoms with Gasteiger partial charge in [-0.1, -0.05) is 36.4 Å². The second-order valence-electron chi connectivity index (χ2n) is 8.64. The van der Waals surface area contributed by atoms with Crippen molar-refractivity contribution in [3.63, 3.8) is 0 Å². The van der Waals surface area contributed by atoms with Crippen LogP contribution in [0.5, 0.6) is 28.9 Å². The number of carbonyl (C=O) groups excluding carboxylic acids is 2. The molecule has 6 rings (SSSR count). The SMILES string of the molecule is O=C(CNC(=O)[C@H]1COc2ccccc2O1)N=Nc1c(O)n(Cc2ccc3c(c2)OCO3)c2ccccc12. The number of para-hydroxylation sites is 3. The van der Waals surface area contributed by atoms with Crippen LogP contribution in [-0.2, 0) is 16.1 Å². The number of ether oxygens (including phenoxy) is 4. The Morgan fingerprint density at radius 3 is 2.61 bits per heavy atom. The third-order valence-corrected chi connectivity index (χ3v) is 6.17. The largest absolute Gasteiger partial charge is 0.493 e. The van der Waals surface area contributed by atoms with Gasteiger partial charge in [0.05, 0.1) is 12.1 Å². The average Bonchev–Trinajstić information content (AvgIpc) is 3.52. The highest BCUT2D eigenvalue weighted by Crippen LogP contribution is 2.40. The molecule has 0 fully saturated rings. The quantitative estimate of drug-likeness (QED) is 0.375. The van der Waals surface area contributed by atoms with Crippen molar-refractivity contribution in [2.45, 2.75) is 12.6 Å². The van der Waals surface area contributed by atoms with E-state index < -0.39 is 17.9 Å². The first-order chi connectivity index (χ1) is 18.6. The summed E-state index contributed by atoms with van der Waals surface area (Å²) in [7, 11) is 0. The van der Waals surface area contributed by atoms with E-state index in [9.17, 15) is 14.7 Å². The average molecular weight is 514 g/mol. The van der Waals surface area contributed by atoms with Crippen molar-refractivity contribution in [3.8, 4) is 28.9 Å². The molecule has 4 aromatic rings. The molecule has 1 atom stereocenters. The van der Waals surface area contributed by atoms with Gasteiger partial charge < -0.3 is 33.9 Å². The Morgan fingerprint density at radius 1 is 0.947 bits per heavy atom.